The molecule has 1 N–H and O–H groups in total. The first kappa shape index (κ1) is 21.5. The third kappa shape index (κ3) is 4.84. The summed E-state index contributed by atoms with van der Waals surface area (Å²) in [6, 6.07) is 19.0. The van der Waals surface area contributed by atoms with Crippen LogP contribution in [0.3, 0.4) is 0 Å². The van der Waals surface area contributed by atoms with Crippen LogP contribution in [0.2, 0.25) is 0 Å². The van der Waals surface area contributed by atoms with Crippen molar-refractivity contribution in [1.29, 1.82) is 5.26 Å². The average Bonchev–Trinajstić information content (AvgIpc) is 2.77. The van der Waals surface area contributed by atoms with Crippen LogP contribution in [0.1, 0.15) is 17.0 Å². The van der Waals surface area contributed by atoms with Gasteiger partial charge in [-0.1, -0.05) is 48.0 Å². The minimum absolute atomic E-state index is 0.344. The number of carbonyl (C=O) groups is 2. The van der Waals surface area contributed by atoms with E-state index in [1.807, 2.05) is 49.4 Å². The molecular formula is C23H22N2O4S. The van der Waals surface area contributed by atoms with E-state index in [-0.39, 0.29) is 0 Å². The molecule has 3 rings (SSSR count). The molecule has 30 heavy (non-hydrogen) atoms. The number of methoxy groups -OCH3 is 1. The van der Waals surface area contributed by atoms with E-state index < -0.39 is 23.7 Å². The number of hydrogen-bond donors (Lipinski definition) is 1. The Morgan fingerprint density at radius 1 is 1.17 bits per heavy atom. The van der Waals surface area contributed by atoms with Crippen molar-refractivity contribution >= 4 is 23.6 Å². The molecule has 0 saturated carbocycles. The number of carbonyl (C=O) groups excluding carboxylic acids is 2. The summed E-state index contributed by atoms with van der Waals surface area (Å²) in [5, 5.41) is 13.0. The van der Waals surface area contributed by atoms with Gasteiger partial charge in [-0.3, -0.25) is 9.59 Å². The number of rotatable bonds is 7. The Kier molecular flexibility index (Phi) is 7.15. The third-order valence-electron chi connectivity index (χ3n) is 4.76. The zero-order valence-corrected chi connectivity index (χ0v) is 17.6. The lowest BCUT2D eigenvalue weighted by molar-refractivity contribution is -0.150. The maximum Gasteiger partial charge on any atom is 0.319 e. The Morgan fingerprint density at radius 3 is 2.50 bits per heavy atom. The Balaban J connectivity index is 1.80. The number of allylic oxidation sites excluding steroid dienone is 1. The molecule has 1 heterocycles. The number of aryl methyl sites for hydroxylation is 1. The normalized spacial score (nSPS) is 18.4. The fraction of sp³-hybridized carbons (Fsp3) is 0.261. The van der Waals surface area contributed by atoms with Gasteiger partial charge in [0.15, 0.2) is 0 Å². The number of esters is 1. The van der Waals surface area contributed by atoms with E-state index in [1.165, 1.54) is 18.9 Å². The standard InChI is InChI=1S/C23H22N2O4S/c1-15-8-10-17(11-9-15)29-12-13-30-22-18(14-24)19(16-6-4-3-5-7-16)20(21(26)25-22)23(27)28-2/h3-11,19-20H,12-13H2,1-2H3,(H,25,26)/t19-,20-/m0/s1. The van der Waals surface area contributed by atoms with Crippen molar-refractivity contribution in [3.63, 3.8) is 0 Å². The average molecular weight is 423 g/mol. The van der Waals surface area contributed by atoms with E-state index >= 15 is 0 Å². The molecule has 0 aromatic heterocycles. The van der Waals surface area contributed by atoms with Crippen molar-refractivity contribution < 1.29 is 19.1 Å². The summed E-state index contributed by atoms with van der Waals surface area (Å²) in [6.45, 7) is 2.41. The SMILES string of the molecule is COC(=O)[C@@H]1C(=O)NC(SCCOc2ccc(C)cc2)=C(C#N)[C@@H]1c1ccccc1. The molecule has 7 heteroatoms. The van der Waals surface area contributed by atoms with Gasteiger partial charge in [-0.25, -0.2) is 0 Å². The summed E-state index contributed by atoms with van der Waals surface area (Å²) in [7, 11) is 1.24. The summed E-state index contributed by atoms with van der Waals surface area (Å²) in [6.07, 6.45) is 0. The molecule has 0 spiro atoms. The van der Waals surface area contributed by atoms with Crippen molar-refractivity contribution in [2.45, 2.75) is 12.8 Å². The highest BCUT2D eigenvalue weighted by atomic mass is 32.2. The second-order valence-electron chi connectivity index (χ2n) is 6.74. The molecule has 2 aromatic carbocycles. The zero-order valence-electron chi connectivity index (χ0n) is 16.8. The van der Waals surface area contributed by atoms with Crippen LogP contribution in [0.25, 0.3) is 0 Å². The number of ether oxygens (including phenoxy) is 2. The van der Waals surface area contributed by atoms with Gasteiger partial charge in [-0.05, 0) is 24.6 Å². The van der Waals surface area contributed by atoms with E-state index in [1.54, 1.807) is 12.1 Å². The van der Waals surface area contributed by atoms with Gasteiger partial charge in [0.1, 0.15) is 11.7 Å². The number of nitriles is 1. The van der Waals surface area contributed by atoms with Crippen molar-refractivity contribution in [3.05, 3.63) is 76.3 Å². The van der Waals surface area contributed by atoms with Crippen LogP contribution in [0.4, 0.5) is 0 Å². The number of nitrogens with zero attached hydrogens (tertiary/aromatic N) is 1. The lowest BCUT2D eigenvalue weighted by Gasteiger charge is -2.30. The molecule has 2 atom stereocenters. The smallest absolute Gasteiger partial charge is 0.319 e. The number of hydrogen-bond acceptors (Lipinski definition) is 6. The Bertz CT molecular complexity index is 981. The number of thioether (sulfide) groups is 1. The zero-order chi connectivity index (χ0) is 21.5. The van der Waals surface area contributed by atoms with Crippen molar-refractivity contribution in [1.82, 2.24) is 5.32 Å². The molecule has 0 aliphatic carbocycles. The maximum atomic E-state index is 12.7. The van der Waals surface area contributed by atoms with E-state index in [0.29, 0.717) is 28.5 Å². The fourth-order valence-electron chi connectivity index (χ4n) is 3.28. The summed E-state index contributed by atoms with van der Waals surface area (Å²) < 4.78 is 10.6. The Hall–Kier alpha value is -3.24. The van der Waals surface area contributed by atoms with Crippen molar-refractivity contribution in [3.8, 4) is 11.8 Å². The van der Waals surface area contributed by atoms with Gasteiger partial charge in [0, 0.05) is 11.7 Å². The van der Waals surface area contributed by atoms with Crippen LogP contribution in [-0.2, 0) is 14.3 Å². The number of amides is 1. The second kappa shape index (κ2) is 9.99. The molecule has 0 radical (unpaired) electrons. The molecule has 2 aromatic rings. The highest BCUT2D eigenvalue weighted by Gasteiger charge is 2.44. The van der Waals surface area contributed by atoms with Crippen LogP contribution >= 0.6 is 11.8 Å². The summed E-state index contributed by atoms with van der Waals surface area (Å²) >= 11 is 1.32. The van der Waals surface area contributed by atoms with Crippen LogP contribution in [0.5, 0.6) is 5.75 Å². The third-order valence-corrected chi connectivity index (χ3v) is 5.74. The highest BCUT2D eigenvalue weighted by Crippen LogP contribution is 2.40. The predicted molar refractivity (Wildman–Crippen MR) is 115 cm³/mol. The molecule has 1 amide bonds. The molecule has 0 unspecified atom stereocenters. The van der Waals surface area contributed by atoms with Crippen LogP contribution in [-0.4, -0.2) is 31.3 Å². The van der Waals surface area contributed by atoms with E-state index in [2.05, 4.69) is 11.4 Å². The van der Waals surface area contributed by atoms with E-state index in [9.17, 15) is 14.9 Å². The summed E-state index contributed by atoms with van der Waals surface area (Å²) in [5.74, 6) is -1.66. The molecule has 0 saturated heterocycles. The molecule has 0 bridgehead atoms. The predicted octanol–water partition coefficient (Wildman–Crippen LogP) is 3.55. The second-order valence-corrected chi connectivity index (χ2v) is 7.85. The Labute approximate surface area is 179 Å². The highest BCUT2D eigenvalue weighted by molar-refractivity contribution is 8.03. The first-order chi connectivity index (χ1) is 14.5. The summed E-state index contributed by atoms with van der Waals surface area (Å²) in [5.41, 5.74) is 2.21. The molecule has 1 aliphatic rings. The van der Waals surface area contributed by atoms with Crippen LogP contribution in [0, 0.1) is 24.2 Å². The van der Waals surface area contributed by atoms with Crippen molar-refractivity contribution in [2.75, 3.05) is 19.5 Å². The topological polar surface area (TPSA) is 88.4 Å². The minimum Gasteiger partial charge on any atom is -0.493 e. The van der Waals surface area contributed by atoms with Crippen molar-refractivity contribution in [2.24, 2.45) is 5.92 Å². The van der Waals surface area contributed by atoms with Gasteiger partial charge >= 0.3 is 5.97 Å². The molecule has 6 nitrogen and oxygen atoms in total. The lowest BCUT2D eigenvalue weighted by atomic mass is 9.78. The van der Waals surface area contributed by atoms with Crippen LogP contribution in [0.15, 0.2) is 65.2 Å². The Morgan fingerprint density at radius 2 is 1.87 bits per heavy atom. The van der Waals surface area contributed by atoms with Gasteiger partial charge < -0.3 is 14.8 Å². The molecular weight excluding hydrogens is 400 g/mol. The number of benzene rings is 2. The van der Waals surface area contributed by atoms with Gasteiger partial charge in [0.25, 0.3) is 0 Å². The molecule has 154 valence electrons. The van der Waals surface area contributed by atoms with Gasteiger partial charge in [-0.15, -0.1) is 11.8 Å². The first-order valence-electron chi connectivity index (χ1n) is 9.45. The molecule has 1 aliphatic heterocycles. The van der Waals surface area contributed by atoms with Gasteiger partial charge in [0.05, 0.1) is 30.4 Å². The number of nitrogens with one attached hydrogen (secondary N) is 1. The minimum atomic E-state index is -1.11. The fourth-order valence-corrected chi connectivity index (χ4v) is 4.15. The van der Waals surface area contributed by atoms with E-state index in [0.717, 1.165) is 11.3 Å². The van der Waals surface area contributed by atoms with Crippen LogP contribution < -0.4 is 10.1 Å². The van der Waals surface area contributed by atoms with Gasteiger partial charge in [-0.2, -0.15) is 5.26 Å². The van der Waals surface area contributed by atoms with E-state index in [4.69, 9.17) is 9.47 Å². The largest absolute Gasteiger partial charge is 0.493 e. The quantitative estimate of drug-likeness (QED) is 0.417. The lowest BCUT2D eigenvalue weighted by Crippen LogP contribution is -2.44. The summed E-state index contributed by atoms with van der Waals surface area (Å²) in [4.78, 5) is 25.1. The maximum absolute atomic E-state index is 12.7. The molecule has 0 fully saturated rings. The van der Waals surface area contributed by atoms with Gasteiger partial charge in [0.2, 0.25) is 5.91 Å². The monoisotopic (exact) mass is 422 g/mol. The first-order valence-corrected chi connectivity index (χ1v) is 10.4.